The van der Waals surface area contributed by atoms with Gasteiger partial charge < -0.3 is 10.5 Å². The number of rotatable bonds is 2. The Hall–Kier alpha value is -1.51. The van der Waals surface area contributed by atoms with Crippen LogP contribution in [0.4, 0.5) is 0 Å². The fourth-order valence-electron chi connectivity index (χ4n) is 2.48. The van der Waals surface area contributed by atoms with E-state index in [9.17, 15) is 4.79 Å². The lowest BCUT2D eigenvalue weighted by Crippen LogP contribution is -2.21. The molecule has 0 aliphatic carbocycles. The molecule has 1 aromatic rings. The molecule has 3 heteroatoms. The predicted molar refractivity (Wildman–Crippen MR) is 62.6 cm³/mol. The zero-order valence-electron chi connectivity index (χ0n) is 9.75. The fourth-order valence-corrected chi connectivity index (χ4v) is 2.48. The van der Waals surface area contributed by atoms with Crippen LogP contribution in [0.5, 0.6) is 5.75 Å². The molecule has 1 aromatic carbocycles. The molecule has 1 aliphatic heterocycles. The second-order valence-electron chi connectivity index (χ2n) is 4.50. The molecule has 0 aromatic heterocycles. The van der Waals surface area contributed by atoms with Gasteiger partial charge in [-0.1, -0.05) is 6.07 Å². The Morgan fingerprint density at radius 2 is 2.25 bits per heavy atom. The summed E-state index contributed by atoms with van der Waals surface area (Å²) in [5.41, 5.74) is 8.83. The van der Waals surface area contributed by atoms with Gasteiger partial charge >= 0.3 is 0 Å². The zero-order chi connectivity index (χ0) is 11.7. The summed E-state index contributed by atoms with van der Waals surface area (Å²) in [7, 11) is 0. The first kappa shape index (κ1) is 11.0. The maximum absolute atomic E-state index is 11.0. The molecular weight excluding hydrogens is 202 g/mol. The number of carbonyl (C=O) groups is 1. The summed E-state index contributed by atoms with van der Waals surface area (Å²) in [6.07, 6.45) is 1.29. The lowest BCUT2D eigenvalue weighted by molar-refractivity contribution is -0.118. The number of hydrogen-bond donors (Lipinski definition) is 1. The number of aryl methyl sites for hydroxylation is 2. The SMILES string of the molecule is Cc1cc(C)c2c(c1)OCCC2CC(N)=O. The summed E-state index contributed by atoms with van der Waals surface area (Å²) < 4.78 is 5.64. The van der Waals surface area contributed by atoms with Crippen LogP contribution in [0.1, 0.15) is 35.4 Å². The maximum atomic E-state index is 11.0. The quantitative estimate of drug-likeness (QED) is 0.827. The highest BCUT2D eigenvalue weighted by atomic mass is 16.5. The van der Waals surface area contributed by atoms with Gasteiger partial charge in [0.15, 0.2) is 0 Å². The Kier molecular flexibility index (Phi) is 2.86. The number of benzene rings is 1. The van der Waals surface area contributed by atoms with Crippen molar-refractivity contribution in [3.05, 3.63) is 28.8 Å². The molecule has 0 bridgehead atoms. The first-order chi connectivity index (χ1) is 7.58. The van der Waals surface area contributed by atoms with Crippen molar-refractivity contribution in [1.29, 1.82) is 0 Å². The predicted octanol–water partition coefficient (Wildman–Crippen LogP) is 2.04. The van der Waals surface area contributed by atoms with E-state index in [1.165, 1.54) is 11.1 Å². The number of carbonyl (C=O) groups excluding carboxylic acids is 1. The summed E-state index contributed by atoms with van der Waals surface area (Å²) in [6, 6.07) is 4.16. The normalized spacial score (nSPS) is 18.8. The van der Waals surface area contributed by atoms with E-state index >= 15 is 0 Å². The second-order valence-corrected chi connectivity index (χ2v) is 4.50. The van der Waals surface area contributed by atoms with Crippen LogP contribution in [0.15, 0.2) is 12.1 Å². The summed E-state index contributed by atoms with van der Waals surface area (Å²) >= 11 is 0. The van der Waals surface area contributed by atoms with Crippen LogP contribution in [0.3, 0.4) is 0 Å². The Bertz CT molecular complexity index is 426. The molecule has 3 nitrogen and oxygen atoms in total. The number of fused-ring (bicyclic) bond motifs is 1. The molecule has 1 unspecified atom stereocenters. The van der Waals surface area contributed by atoms with Gasteiger partial charge in [-0.3, -0.25) is 4.79 Å². The minimum Gasteiger partial charge on any atom is -0.493 e. The summed E-state index contributed by atoms with van der Waals surface area (Å²) in [5, 5.41) is 0. The van der Waals surface area contributed by atoms with Gasteiger partial charge in [0.25, 0.3) is 0 Å². The van der Waals surface area contributed by atoms with E-state index < -0.39 is 0 Å². The Morgan fingerprint density at radius 1 is 1.50 bits per heavy atom. The third-order valence-electron chi connectivity index (χ3n) is 3.07. The summed E-state index contributed by atoms with van der Waals surface area (Å²) in [5.74, 6) is 0.912. The van der Waals surface area contributed by atoms with Gasteiger partial charge in [0.2, 0.25) is 5.91 Å². The molecule has 1 aliphatic rings. The van der Waals surface area contributed by atoms with Crippen molar-refractivity contribution in [3.8, 4) is 5.75 Å². The van der Waals surface area contributed by atoms with E-state index in [1.807, 2.05) is 13.0 Å². The Morgan fingerprint density at radius 3 is 2.94 bits per heavy atom. The number of nitrogens with two attached hydrogens (primary N) is 1. The Labute approximate surface area is 95.6 Å². The monoisotopic (exact) mass is 219 g/mol. The average molecular weight is 219 g/mol. The first-order valence-electron chi connectivity index (χ1n) is 5.60. The largest absolute Gasteiger partial charge is 0.493 e. The van der Waals surface area contributed by atoms with Crippen molar-refractivity contribution in [1.82, 2.24) is 0 Å². The molecule has 1 heterocycles. The number of ether oxygens (including phenoxy) is 1. The van der Waals surface area contributed by atoms with Gasteiger partial charge in [0.1, 0.15) is 5.75 Å². The second kappa shape index (κ2) is 4.16. The molecule has 0 saturated carbocycles. The van der Waals surface area contributed by atoms with E-state index in [-0.39, 0.29) is 11.8 Å². The third-order valence-corrected chi connectivity index (χ3v) is 3.07. The molecule has 2 N–H and O–H groups in total. The van der Waals surface area contributed by atoms with Gasteiger partial charge in [0, 0.05) is 12.0 Å². The van der Waals surface area contributed by atoms with Crippen molar-refractivity contribution in [3.63, 3.8) is 0 Å². The van der Waals surface area contributed by atoms with E-state index in [2.05, 4.69) is 13.0 Å². The topological polar surface area (TPSA) is 52.3 Å². The van der Waals surface area contributed by atoms with E-state index in [1.54, 1.807) is 0 Å². The fraction of sp³-hybridized carbons (Fsp3) is 0.462. The molecule has 2 rings (SSSR count). The highest BCUT2D eigenvalue weighted by molar-refractivity contribution is 5.75. The average Bonchev–Trinajstić information content (AvgIpc) is 2.15. The van der Waals surface area contributed by atoms with Crippen molar-refractivity contribution < 1.29 is 9.53 Å². The molecule has 0 spiro atoms. The van der Waals surface area contributed by atoms with Gasteiger partial charge in [-0.25, -0.2) is 0 Å². The van der Waals surface area contributed by atoms with Crippen molar-refractivity contribution in [2.45, 2.75) is 32.6 Å². The lowest BCUT2D eigenvalue weighted by Gasteiger charge is -2.27. The Balaban J connectivity index is 2.41. The van der Waals surface area contributed by atoms with Crippen LogP contribution in [0.2, 0.25) is 0 Å². The van der Waals surface area contributed by atoms with Gasteiger partial charge in [-0.2, -0.15) is 0 Å². The highest BCUT2D eigenvalue weighted by Gasteiger charge is 2.24. The molecule has 0 fully saturated rings. The third kappa shape index (κ3) is 2.03. The first-order valence-corrected chi connectivity index (χ1v) is 5.60. The van der Waals surface area contributed by atoms with Crippen LogP contribution in [0, 0.1) is 13.8 Å². The number of hydrogen-bond acceptors (Lipinski definition) is 2. The molecule has 16 heavy (non-hydrogen) atoms. The molecule has 1 amide bonds. The van der Waals surface area contributed by atoms with Gasteiger partial charge in [-0.05, 0) is 43.4 Å². The zero-order valence-corrected chi connectivity index (χ0v) is 9.75. The molecule has 1 atom stereocenters. The van der Waals surface area contributed by atoms with E-state index in [4.69, 9.17) is 10.5 Å². The number of amides is 1. The summed E-state index contributed by atoms with van der Waals surface area (Å²) in [4.78, 5) is 11.0. The van der Waals surface area contributed by atoms with Gasteiger partial charge in [0.05, 0.1) is 6.61 Å². The van der Waals surface area contributed by atoms with E-state index in [0.717, 1.165) is 17.7 Å². The standard InChI is InChI=1S/C13H17NO2/c1-8-5-9(2)13-10(7-12(14)15)3-4-16-11(13)6-8/h5-6,10H,3-4,7H2,1-2H3,(H2,14,15). The highest BCUT2D eigenvalue weighted by Crippen LogP contribution is 2.38. The molecule has 0 saturated heterocycles. The van der Waals surface area contributed by atoms with Crippen molar-refractivity contribution >= 4 is 5.91 Å². The number of primary amides is 1. The van der Waals surface area contributed by atoms with Gasteiger partial charge in [-0.15, -0.1) is 0 Å². The minimum absolute atomic E-state index is 0.224. The summed E-state index contributed by atoms with van der Waals surface area (Å²) in [6.45, 7) is 4.79. The van der Waals surface area contributed by atoms with Crippen molar-refractivity contribution in [2.24, 2.45) is 5.73 Å². The minimum atomic E-state index is -0.238. The lowest BCUT2D eigenvalue weighted by atomic mass is 9.86. The van der Waals surface area contributed by atoms with Crippen LogP contribution >= 0.6 is 0 Å². The van der Waals surface area contributed by atoms with E-state index in [0.29, 0.717) is 13.0 Å². The molecule has 0 radical (unpaired) electrons. The molecular formula is C13H17NO2. The van der Waals surface area contributed by atoms with Crippen LogP contribution in [-0.4, -0.2) is 12.5 Å². The van der Waals surface area contributed by atoms with Crippen molar-refractivity contribution in [2.75, 3.05) is 6.61 Å². The maximum Gasteiger partial charge on any atom is 0.218 e. The van der Waals surface area contributed by atoms with Crippen LogP contribution < -0.4 is 10.5 Å². The van der Waals surface area contributed by atoms with Crippen LogP contribution in [0.25, 0.3) is 0 Å². The van der Waals surface area contributed by atoms with Crippen LogP contribution in [-0.2, 0) is 4.79 Å². The smallest absolute Gasteiger partial charge is 0.218 e. The molecule has 86 valence electrons.